The van der Waals surface area contributed by atoms with Gasteiger partial charge in [0.15, 0.2) is 5.96 Å². The van der Waals surface area contributed by atoms with Gasteiger partial charge in [-0.05, 0) is 38.8 Å². The summed E-state index contributed by atoms with van der Waals surface area (Å²) in [7, 11) is 1.84. The molecule has 0 spiro atoms. The molecule has 0 aliphatic carbocycles. The second kappa shape index (κ2) is 9.12. The molecule has 21 heavy (non-hydrogen) atoms. The molecule has 1 aromatic carbocycles. The summed E-state index contributed by atoms with van der Waals surface area (Å²) >= 11 is 0. The van der Waals surface area contributed by atoms with Crippen molar-refractivity contribution in [3.8, 4) is 5.75 Å². The predicted octanol–water partition coefficient (Wildman–Crippen LogP) is 3.05. The molecule has 0 bridgehead atoms. The zero-order chi connectivity index (χ0) is 14.4. The van der Waals surface area contributed by atoms with Crippen molar-refractivity contribution in [2.24, 2.45) is 4.99 Å². The summed E-state index contributed by atoms with van der Waals surface area (Å²) in [4.78, 5) is 6.64. The van der Waals surface area contributed by atoms with Gasteiger partial charge in [0.05, 0.1) is 6.54 Å². The molecule has 0 aromatic heterocycles. The van der Waals surface area contributed by atoms with Crippen LogP contribution in [0.25, 0.3) is 0 Å². The lowest BCUT2D eigenvalue weighted by Crippen LogP contribution is -2.43. The summed E-state index contributed by atoms with van der Waals surface area (Å²) < 4.78 is 5.89. The van der Waals surface area contributed by atoms with E-state index < -0.39 is 0 Å². The van der Waals surface area contributed by atoms with E-state index in [-0.39, 0.29) is 30.1 Å². The summed E-state index contributed by atoms with van der Waals surface area (Å²) in [6, 6.07) is 8.17. The Labute approximate surface area is 145 Å². The SMILES string of the molecule is CN=C(NCC(C)Oc1ccc(C)cc1)N1CCCC1.I. The van der Waals surface area contributed by atoms with Gasteiger partial charge in [-0.2, -0.15) is 0 Å². The van der Waals surface area contributed by atoms with Crippen LogP contribution in [0.1, 0.15) is 25.3 Å². The molecule has 1 atom stereocenters. The highest BCUT2D eigenvalue weighted by atomic mass is 127. The maximum Gasteiger partial charge on any atom is 0.193 e. The summed E-state index contributed by atoms with van der Waals surface area (Å²) in [6.45, 7) is 7.12. The zero-order valence-corrected chi connectivity index (χ0v) is 15.5. The third-order valence-electron chi connectivity index (χ3n) is 3.52. The van der Waals surface area contributed by atoms with E-state index in [0.29, 0.717) is 0 Å². The molecule has 4 nitrogen and oxygen atoms in total. The van der Waals surface area contributed by atoms with Crippen LogP contribution in [0, 0.1) is 6.92 Å². The first kappa shape index (κ1) is 18.1. The van der Waals surface area contributed by atoms with Gasteiger partial charge in [0.2, 0.25) is 0 Å². The molecule has 0 radical (unpaired) electrons. The predicted molar refractivity (Wildman–Crippen MR) is 98.9 cm³/mol. The van der Waals surface area contributed by atoms with Crippen LogP contribution in [0.15, 0.2) is 29.3 Å². The highest BCUT2D eigenvalue weighted by molar-refractivity contribution is 14.0. The average Bonchev–Trinajstić information content (AvgIpc) is 2.96. The Morgan fingerprint density at radius 1 is 1.29 bits per heavy atom. The molecule has 1 unspecified atom stereocenters. The fourth-order valence-electron chi connectivity index (χ4n) is 2.39. The number of likely N-dealkylation sites (tertiary alicyclic amines) is 1. The molecule has 1 fully saturated rings. The van der Waals surface area contributed by atoms with Gasteiger partial charge in [0.1, 0.15) is 11.9 Å². The summed E-state index contributed by atoms with van der Waals surface area (Å²) in [5, 5.41) is 3.39. The van der Waals surface area contributed by atoms with E-state index in [2.05, 4.69) is 41.2 Å². The van der Waals surface area contributed by atoms with Crippen LogP contribution >= 0.6 is 24.0 Å². The number of aryl methyl sites for hydroxylation is 1. The van der Waals surface area contributed by atoms with Crippen molar-refractivity contribution >= 4 is 29.9 Å². The summed E-state index contributed by atoms with van der Waals surface area (Å²) in [6.07, 6.45) is 2.63. The molecule has 2 rings (SSSR count). The second-order valence-corrected chi connectivity index (χ2v) is 5.36. The first-order valence-corrected chi connectivity index (χ1v) is 7.38. The summed E-state index contributed by atoms with van der Waals surface area (Å²) in [5.74, 6) is 1.91. The Balaban J connectivity index is 0.00000220. The minimum Gasteiger partial charge on any atom is -0.489 e. The van der Waals surface area contributed by atoms with Crippen molar-refractivity contribution < 1.29 is 4.74 Å². The number of hydrogen-bond donors (Lipinski definition) is 1. The molecular formula is C16H26IN3O. The number of aliphatic imine (C=N–C) groups is 1. The minimum absolute atomic E-state index is 0. The molecule has 0 amide bonds. The Morgan fingerprint density at radius 3 is 2.48 bits per heavy atom. The Bertz CT molecular complexity index is 441. The van der Waals surface area contributed by atoms with Crippen molar-refractivity contribution in [2.75, 3.05) is 26.7 Å². The second-order valence-electron chi connectivity index (χ2n) is 5.36. The van der Waals surface area contributed by atoms with Gasteiger partial charge >= 0.3 is 0 Å². The molecule has 1 aromatic rings. The number of guanidine groups is 1. The Morgan fingerprint density at radius 2 is 1.90 bits per heavy atom. The highest BCUT2D eigenvalue weighted by Crippen LogP contribution is 2.13. The first-order valence-electron chi connectivity index (χ1n) is 7.38. The first-order chi connectivity index (χ1) is 9.69. The van der Waals surface area contributed by atoms with Crippen LogP contribution < -0.4 is 10.1 Å². The van der Waals surface area contributed by atoms with Gasteiger partial charge < -0.3 is 15.0 Å². The van der Waals surface area contributed by atoms with Crippen molar-refractivity contribution in [3.63, 3.8) is 0 Å². The van der Waals surface area contributed by atoms with Gasteiger partial charge in [-0.3, -0.25) is 4.99 Å². The largest absolute Gasteiger partial charge is 0.489 e. The topological polar surface area (TPSA) is 36.9 Å². The van der Waals surface area contributed by atoms with Gasteiger partial charge in [0, 0.05) is 20.1 Å². The molecule has 1 aliphatic rings. The number of halogens is 1. The van der Waals surface area contributed by atoms with Crippen LogP contribution in [0.5, 0.6) is 5.75 Å². The minimum atomic E-state index is 0. The molecule has 1 N–H and O–H groups in total. The van der Waals surface area contributed by atoms with E-state index >= 15 is 0 Å². The van der Waals surface area contributed by atoms with Gasteiger partial charge in [-0.25, -0.2) is 0 Å². The average molecular weight is 403 g/mol. The molecular weight excluding hydrogens is 377 g/mol. The van der Waals surface area contributed by atoms with Crippen molar-refractivity contribution in [1.29, 1.82) is 0 Å². The third kappa shape index (κ3) is 5.73. The molecule has 1 aliphatic heterocycles. The van der Waals surface area contributed by atoms with Crippen molar-refractivity contribution in [1.82, 2.24) is 10.2 Å². The van der Waals surface area contributed by atoms with E-state index in [0.717, 1.165) is 31.3 Å². The number of ether oxygens (including phenoxy) is 1. The lowest BCUT2D eigenvalue weighted by atomic mass is 10.2. The van der Waals surface area contributed by atoms with Crippen LogP contribution in [0.3, 0.4) is 0 Å². The van der Waals surface area contributed by atoms with E-state index in [4.69, 9.17) is 4.74 Å². The highest BCUT2D eigenvalue weighted by Gasteiger charge is 2.16. The van der Waals surface area contributed by atoms with Crippen LogP contribution in [-0.2, 0) is 0 Å². The number of rotatable bonds is 4. The normalized spacial score (nSPS) is 16.3. The fraction of sp³-hybridized carbons (Fsp3) is 0.562. The lowest BCUT2D eigenvalue weighted by Gasteiger charge is -2.23. The smallest absolute Gasteiger partial charge is 0.193 e. The van der Waals surface area contributed by atoms with Crippen LogP contribution in [-0.4, -0.2) is 43.6 Å². The third-order valence-corrected chi connectivity index (χ3v) is 3.52. The van der Waals surface area contributed by atoms with Gasteiger partial charge in [-0.15, -0.1) is 24.0 Å². The van der Waals surface area contributed by atoms with E-state index in [9.17, 15) is 0 Å². The van der Waals surface area contributed by atoms with Crippen LogP contribution in [0.2, 0.25) is 0 Å². The van der Waals surface area contributed by atoms with E-state index in [1.54, 1.807) is 0 Å². The molecule has 0 saturated carbocycles. The number of nitrogens with zero attached hydrogens (tertiary/aromatic N) is 2. The van der Waals surface area contributed by atoms with Gasteiger partial charge in [-0.1, -0.05) is 17.7 Å². The zero-order valence-electron chi connectivity index (χ0n) is 13.1. The molecule has 1 heterocycles. The van der Waals surface area contributed by atoms with E-state index in [1.807, 2.05) is 19.2 Å². The number of benzene rings is 1. The number of nitrogens with one attached hydrogen (secondary N) is 1. The van der Waals surface area contributed by atoms with Crippen molar-refractivity contribution in [2.45, 2.75) is 32.8 Å². The Hall–Kier alpha value is -0.980. The monoisotopic (exact) mass is 403 g/mol. The lowest BCUT2D eigenvalue weighted by molar-refractivity contribution is 0.222. The molecule has 1 saturated heterocycles. The van der Waals surface area contributed by atoms with Crippen LogP contribution in [0.4, 0.5) is 0 Å². The van der Waals surface area contributed by atoms with E-state index in [1.165, 1.54) is 18.4 Å². The molecule has 5 heteroatoms. The standard InChI is InChI=1S/C16H25N3O.HI/c1-13-6-8-15(9-7-13)20-14(2)12-18-16(17-3)19-10-4-5-11-19;/h6-9,14H,4-5,10-12H2,1-3H3,(H,17,18);1H. The quantitative estimate of drug-likeness (QED) is 0.477. The number of hydrogen-bond acceptors (Lipinski definition) is 2. The van der Waals surface area contributed by atoms with Crippen molar-refractivity contribution in [3.05, 3.63) is 29.8 Å². The molecule has 118 valence electrons. The Kier molecular flexibility index (Phi) is 7.85. The fourth-order valence-corrected chi connectivity index (χ4v) is 2.39. The maximum atomic E-state index is 5.89. The van der Waals surface area contributed by atoms with Gasteiger partial charge in [0.25, 0.3) is 0 Å². The summed E-state index contributed by atoms with van der Waals surface area (Å²) in [5.41, 5.74) is 1.25. The maximum absolute atomic E-state index is 5.89.